The summed E-state index contributed by atoms with van der Waals surface area (Å²) in [6.07, 6.45) is 3.02. The fourth-order valence-corrected chi connectivity index (χ4v) is 2.29. The number of carbonyl (C=O) groups excluding carboxylic acids is 1. The molecular weight excluding hydrogens is 172 g/mol. The minimum atomic E-state index is -0.764. The third-order valence-corrected chi connectivity index (χ3v) is 3.03. The van der Waals surface area contributed by atoms with E-state index in [4.69, 9.17) is 9.84 Å². The standard InChI is InChI=1S/C9H12O4/c10-7-2-4-9(13-7)3-1-6(5-9)8(11)12/h6H,1-5H2,(H,11,12). The van der Waals surface area contributed by atoms with E-state index in [1.54, 1.807) is 0 Å². The monoisotopic (exact) mass is 184 g/mol. The number of carbonyl (C=O) groups is 2. The normalized spacial score (nSPS) is 38.2. The SMILES string of the molecule is O=C1CCC2(CCC(C(=O)O)C2)O1. The average molecular weight is 184 g/mol. The number of hydrogen-bond acceptors (Lipinski definition) is 3. The van der Waals surface area contributed by atoms with E-state index in [2.05, 4.69) is 0 Å². The van der Waals surface area contributed by atoms with E-state index < -0.39 is 11.6 Å². The Balaban J connectivity index is 2.05. The third kappa shape index (κ3) is 1.41. The molecule has 2 aliphatic rings. The Labute approximate surface area is 75.9 Å². The smallest absolute Gasteiger partial charge is 0.306 e. The number of esters is 1. The van der Waals surface area contributed by atoms with Gasteiger partial charge >= 0.3 is 11.9 Å². The van der Waals surface area contributed by atoms with Crippen molar-refractivity contribution in [3.05, 3.63) is 0 Å². The van der Waals surface area contributed by atoms with Gasteiger partial charge in [-0.15, -0.1) is 0 Å². The summed E-state index contributed by atoms with van der Waals surface area (Å²) in [5.74, 6) is -1.25. The summed E-state index contributed by atoms with van der Waals surface area (Å²) in [5, 5.41) is 8.78. The maximum atomic E-state index is 10.9. The van der Waals surface area contributed by atoms with Crippen LogP contribution in [0.1, 0.15) is 32.1 Å². The van der Waals surface area contributed by atoms with Gasteiger partial charge < -0.3 is 9.84 Å². The Bertz CT molecular complexity index is 260. The van der Waals surface area contributed by atoms with Crippen LogP contribution in [0.3, 0.4) is 0 Å². The van der Waals surface area contributed by atoms with E-state index >= 15 is 0 Å². The molecule has 1 N–H and O–H groups in total. The lowest BCUT2D eigenvalue weighted by Gasteiger charge is -2.20. The maximum absolute atomic E-state index is 10.9. The highest BCUT2D eigenvalue weighted by Gasteiger charge is 2.48. The first-order valence-corrected chi connectivity index (χ1v) is 4.56. The molecule has 4 heteroatoms. The number of carboxylic acids is 1. The molecule has 0 amide bonds. The predicted octanol–water partition coefficient (Wildman–Crippen LogP) is 0.947. The minimum absolute atomic E-state index is 0.175. The zero-order chi connectivity index (χ0) is 9.47. The van der Waals surface area contributed by atoms with E-state index in [0.717, 1.165) is 6.42 Å². The first-order valence-electron chi connectivity index (χ1n) is 4.56. The highest BCUT2D eigenvalue weighted by Crippen LogP contribution is 2.44. The number of ether oxygens (including phenoxy) is 1. The van der Waals surface area contributed by atoms with Crippen LogP contribution in [0, 0.1) is 5.92 Å². The van der Waals surface area contributed by atoms with E-state index in [9.17, 15) is 9.59 Å². The molecule has 1 saturated heterocycles. The Morgan fingerprint density at radius 3 is 2.77 bits per heavy atom. The molecule has 0 aromatic carbocycles. The molecule has 2 atom stereocenters. The molecule has 2 unspecified atom stereocenters. The van der Waals surface area contributed by atoms with Crippen molar-refractivity contribution in [2.45, 2.75) is 37.7 Å². The topological polar surface area (TPSA) is 63.6 Å². The van der Waals surface area contributed by atoms with Crippen molar-refractivity contribution in [2.24, 2.45) is 5.92 Å². The average Bonchev–Trinajstić information content (AvgIpc) is 2.61. The Morgan fingerprint density at radius 1 is 1.54 bits per heavy atom. The van der Waals surface area contributed by atoms with Crippen LogP contribution in [-0.2, 0) is 14.3 Å². The molecule has 2 fully saturated rings. The first kappa shape index (κ1) is 8.53. The van der Waals surface area contributed by atoms with Crippen LogP contribution in [0.5, 0.6) is 0 Å². The van der Waals surface area contributed by atoms with Crippen molar-refractivity contribution in [3.8, 4) is 0 Å². The van der Waals surface area contributed by atoms with Gasteiger partial charge in [-0.05, 0) is 19.3 Å². The van der Waals surface area contributed by atoms with Crippen molar-refractivity contribution in [2.75, 3.05) is 0 Å². The maximum Gasteiger partial charge on any atom is 0.306 e. The molecule has 1 aliphatic carbocycles. The molecule has 13 heavy (non-hydrogen) atoms. The number of carboxylic acid groups (broad SMARTS) is 1. The summed E-state index contributed by atoms with van der Waals surface area (Å²) in [4.78, 5) is 21.6. The third-order valence-electron chi connectivity index (χ3n) is 3.03. The van der Waals surface area contributed by atoms with E-state index in [-0.39, 0.29) is 11.9 Å². The lowest BCUT2D eigenvalue weighted by Crippen LogP contribution is -2.25. The van der Waals surface area contributed by atoms with Gasteiger partial charge in [0.25, 0.3) is 0 Å². The summed E-state index contributed by atoms with van der Waals surface area (Å²) >= 11 is 0. The van der Waals surface area contributed by atoms with E-state index in [1.165, 1.54) is 0 Å². The molecule has 1 saturated carbocycles. The highest BCUT2D eigenvalue weighted by atomic mass is 16.6. The molecule has 0 bridgehead atoms. The Morgan fingerprint density at radius 2 is 2.31 bits per heavy atom. The molecule has 4 nitrogen and oxygen atoms in total. The Hall–Kier alpha value is -1.06. The van der Waals surface area contributed by atoms with Gasteiger partial charge in [0.15, 0.2) is 0 Å². The van der Waals surface area contributed by atoms with Crippen LogP contribution in [0.4, 0.5) is 0 Å². The molecule has 72 valence electrons. The van der Waals surface area contributed by atoms with Gasteiger partial charge in [-0.1, -0.05) is 0 Å². The lowest BCUT2D eigenvalue weighted by molar-refractivity contribution is -0.150. The number of rotatable bonds is 1. The van der Waals surface area contributed by atoms with Crippen molar-refractivity contribution < 1.29 is 19.4 Å². The van der Waals surface area contributed by atoms with Crippen LogP contribution in [-0.4, -0.2) is 22.6 Å². The fourth-order valence-electron chi connectivity index (χ4n) is 2.29. The van der Waals surface area contributed by atoms with Gasteiger partial charge in [-0.2, -0.15) is 0 Å². The van der Waals surface area contributed by atoms with Gasteiger partial charge in [0.05, 0.1) is 5.92 Å². The molecule has 1 aliphatic heterocycles. The summed E-state index contributed by atoms with van der Waals surface area (Å²) in [6.45, 7) is 0. The van der Waals surface area contributed by atoms with Crippen LogP contribution in [0.15, 0.2) is 0 Å². The predicted molar refractivity (Wildman–Crippen MR) is 43.0 cm³/mol. The molecule has 1 heterocycles. The molecule has 0 aromatic heterocycles. The summed E-state index contributed by atoms with van der Waals surface area (Å²) in [5.41, 5.74) is -0.417. The van der Waals surface area contributed by atoms with Crippen molar-refractivity contribution in [1.82, 2.24) is 0 Å². The van der Waals surface area contributed by atoms with Gasteiger partial charge in [0.2, 0.25) is 0 Å². The minimum Gasteiger partial charge on any atom is -0.481 e. The second-order valence-electron chi connectivity index (χ2n) is 3.94. The van der Waals surface area contributed by atoms with Crippen LogP contribution in [0.2, 0.25) is 0 Å². The van der Waals surface area contributed by atoms with Crippen LogP contribution >= 0.6 is 0 Å². The number of aliphatic carboxylic acids is 1. The van der Waals surface area contributed by atoms with Gasteiger partial charge in [0.1, 0.15) is 5.60 Å². The van der Waals surface area contributed by atoms with Gasteiger partial charge in [-0.25, -0.2) is 0 Å². The molecule has 1 spiro atoms. The van der Waals surface area contributed by atoms with Crippen molar-refractivity contribution >= 4 is 11.9 Å². The second kappa shape index (κ2) is 2.72. The Kier molecular flexibility index (Phi) is 1.78. The van der Waals surface area contributed by atoms with Gasteiger partial charge in [-0.3, -0.25) is 9.59 Å². The summed E-state index contributed by atoms with van der Waals surface area (Å²) < 4.78 is 5.19. The molecular formula is C9H12O4. The zero-order valence-corrected chi connectivity index (χ0v) is 7.28. The van der Waals surface area contributed by atoms with Crippen molar-refractivity contribution in [1.29, 1.82) is 0 Å². The van der Waals surface area contributed by atoms with Crippen molar-refractivity contribution in [3.63, 3.8) is 0 Å². The summed E-state index contributed by atoms with van der Waals surface area (Å²) in [7, 11) is 0. The van der Waals surface area contributed by atoms with E-state index in [1.807, 2.05) is 0 Å². The molecule has 0 aromatic rings. The van der Waals surface area contributed by atoms with Crippen LogP contribution < -0.4 is 0 Å². The second-order valence-corrected chi connectivity index (χ2v) is 3.94. The quantitative estimate of drug-likeness (QED) is 0.616. The zero-order valence-electron chi connectivity index (χ0n) is 7.28. The first-order chi connectivity index (χ1) is 6.11. The van der Waals surface area contributed by atoms with Crippen LogP contribution in [0.25, 0.3) is 0 Å². The summed E-state index contributed by atoms with van der Waals surface area (Å²) in [6, 6.07) is 0. The van der Waals surface area contributed by atoms with E-state index in [0.29, 0.717) is 25.7 Å². The number of hydrogen-bond donors (Lipinski definition) is 1. The fraction of sp³-hybridized carbons (Fsp3) is 0.778. The molecule has 2 rings (SSSR count). The lowest BCUT2D eigenvalue weighted by atomic mass is 9.97. The highest BCUT2D eigenvalue weighted by molar-refractivity contribution is 5.74. The van der Waals surface area contributed by atoms with Gasteiger partial charge in [0, 0.05) is 12.8 Å². The molecule has 0 radical (unpaired) electrons. The largest absolute Gasteiger partial charge is 0.481 e.